The monoisotopic (exact) mass is 658 g/mol. The molecule has 182 valence electrons. The molecule has 0 spiro atoms. The van der Waals surface area contributed by atoms with Gasteiger partial charge >= 0.3 is 25.8 Å². The molecule has 0 fully saturated rings. The van der Waals surface area contributed by atoms with E-state index in [0.29, 0.717) is 0 Å². The van der Waals surface area contributed by atoms with Gasteiger partial charge in [0.05, 0.1) is 0 Å². The Labute approximate surface area is 236 Å². The van der Waals surface area contributed by atoms with E-state index in [2.05, 4.69) is 122 Å². The zero-order chi connectivity index (χ0) is 25.5. The standard InChI is InChI=1S/2C13H9.2C2H5O.C2H6Si.Hf/c2*1-3-7-12-10(5-1)9-11-6-2-4-8-13(11)12;2*1-2-3;1-3-2;/h2*1-9H;2*2H2,1H3;1-2H3;/q4*-1;;+4. The van der Waals surface area contributed by atoms with Crippen LogP contribution in [0.2, 0.25) is 13.1 Å². The van der Waals surface area contributed by atoms with Crippen LogP contribution in [0.1, 0.15) is 13.8 Å². The quantitative estimate of drug-likeness (QED) is 0.131. The molecule has 0 heterocycles. The number of benzene rings is 4. The minimum Gasteiger partial charge on any atom is -0.855 e. The summed E-state index contributed by atoms with van der Waals surface area (Å²) in [4.78, 5) is 0. The number of rotatable bonds is 0. The smallest absolute Gasteiger partial charge is 0.855 e. The Morgan fingerprint density at radius 1 is 0.500 bits per heavy atom. The van der Waals surface area contributed by atoms with Crippen molar-refractivity contribution in [2.45, 2.75) is 26.9 Å². The molecule has 6 aromatic rings. The molecule has 4 heteroatoms. The molecule has 0 N–H and O–H groups in total. The first-order chi connectivity index (χ1) is 17.1. The van der Waals surface area contributed by atoms with Crippen LogP contribution in [0.15, 0.2) is 109 Å². The fraction of sp³-hybridized carbons (Fsp3) is 0.188. The van der Waals surface area contributed by atoms with Crippen LogP contribution in [-0.4, -0.2) is 22.7 Å². The second-order valence-corrected chi connectivity index (χ2v) is 8.72. The predicted octanol–water partition coefficient (Wildman–Crippen LogP) is 6.94. The van der Waals surface area contributed by atoms with Gasteiger partial charge in [-0.15, -0.1) is 92.7 Å². The summed E-state index contributed by atoms with van der Waals surface area (Å²) in [5, 5.41) is 28.6. The van der Waals surface area contributed by atoms with E-state index in [1.54, 1.807) is 13.8 Å². The molecule has 0 amide bonds. The van der Waals surface area contributed by atoms with Crippen LogP contribution in [0.4, 0.5) is 0 Å². The molecule has 0 aliphatic carbocycles. The Kier molecular flexibility index (Phi) is 15.8. The minimum absolute atomic E-state index is 0. The molecule has 0 saturated heterocycles. The van der Waals surface area contributed by atoms with Crippen molar-refractivity contribution in [1.29, 1.82) is 0 Å². The topological polar surface area (TPSA) is 46.1 Å². The largest absolute Gasteiger partial charge is 4.00 e. The van der Waals surface area contributed by atoms with Crippen molar-refractivity contribution < 1.29 is 36.1 Å². The van der Waals surface area contributed by atoms with Gasteiger partial charge in [0.15, 0.2) is 0 Å². The van der Waals surface area contributed by atoms with Crippen molar-refractivity contribution >= 4 is 52.6 Å². The van der Waals surface area contributed by atoms with Crippen LogP contribution in [0, 0.1) is 0 Å². The van der Waals surface area contributed by atoms with Crippen molar-refractivity contribution in [1.82, 2.24) is 0 Å². The third-order valence-corrected chi connectivity index (χ3v) is 5.05. The summed E-state index contributed by atoms with van der Waals surface area (Å²) in [5.74, 6) is 0. The van der Waals surface area contributed by atoms with Gasteiger partial charge in [-0.25, -0.2) is 0 Å². The van der Waals surface area contributed by atoms with Gasteiger partial charge in [0.2, 0.25) is 0 Å². The number of hydrogen-bond acceptors (Lipinski definition) is 2. The summed E-state index contributed by atoms with van der Waals surface area (Å²) < 4.78 is 0. The van der Waals surface area contributed by atoms with Crippen molar-refractivity contribution in [2.75, 3.05) is 13.2 Å². The molecule has 6 aromatic carbocycles. The first-order valence-corrected chi connectivity index (χ1v) is 14.0. The van der Waals surface area contributed by atoms with E-state index in [4.69, 9.17) is 10.2 Å². The van der Waals surface area contributed by atoms with E-state index in [1.807, 2.05) is 0 Å². The molecule has 0 aliphatic rings. The Bertz CT molecular complexity index is 1190. The predicted molar refractivity (Wildman–Crippen MR) is 153 cm³/mol. The maximum atomic E-state index is 8.93. The molecule has 0 aliphatic heterocycles. The summed E-state index contributed by atoms with van der Waals surface area (Å²) >= 11 is 0. The van der Waals surface area contributed by atoms with Gasteiger partial charge < -0.3 is 10.2 Å². The number of hydrogen-bond donors (Lipinski definition) is 0. The molecule has 0 bridgehead atoms. The Morgan fingerprint density at radius 3 is 0.861 bits per heavy atom. The van der Waals surface area contributed by atoms with Gasteiger partial charge in [-0.05, 0) is 0 Å². The second-order valence-electron chi connectivity index (χ2n) is 7.72. The molecule has 0 saturated carbocycles. The molecule has 0 unspecified atom stereocenters. The second kappa shape index (κ2) is 18.0. The SMILES string of the molecule is CC[O-].CC[O-].C[Si]C.[Hf+4].c1ccc2c(c1)[cH-]c1ccccc12.c1ccc2c(c1)[cH-]c1ccccc12. The Hall–Kier alpha value is -2.37. The van der Waals surface area contributed by atoms with Crippen LogP contribution in [0.25, 0.3) is 43.1 Å². The van der Waals surface area contributed by atoms with Crippen LogP contribution in [-0.2, 0) is 25.8 Å². The number of fused-ring (bicyclic) bond motifs is 6. The summed E-state index contributed by atoms with van der Waals surface area (Å²) in [7, 11) is 1.08. The van der Waals surface area contributed by atoms with E-state index in [-0.39, 0.29) is 39.1 Å². The van der Waals surface area contributed by atoms with Crippen molar-refractivity contribution in [3.63, 3.8) is 0 Å². The third kappa shape index (κ3) is 8.93. The van der Waals surface area contributed by atoms with E-state index in [9.17, 15) is 0 Å². The zero-order valence-corrected chi connectivity index (χ0v) is 26.2. The van der Waals surface area contributed by atoms with Gasteiger partial charge in [-0.1, -0.05) is 99.7 Å². The van der Waals surface area contributed by atoms with E-state index in [1.165, 1.54) is 43.1 Å². The summed E-state index contributed by atoms with van der Waals surface area (Å²) in [5.41, 5.74) is 0. The van der Waals surface area contributed by atoms with Crippen molar-refractivity contribution in [3.05, 3.63) is 109 Å². The summed E-state index contributed by atoms with van der Waals surface area (Å²) in [6, 6.07) is 38.5. The van der Waals surface area contributed by atoms with Gasteiger partial charge in [0.25, 0.3) is 0 Å². The van der Waals surface area contributed by atoms with Gasteiger partial charge in [0.1, 0.15) is 0 Å². The first-order valence-electron chi connectivity index (χ1n) is 12.0. The summed E-state index contributed by atoms with van der Waals surface area (Å²) in [6.45, 7) is 7.44. The fourth-order valence-corrected chi connectivity index (χ4v) is 3.81. The minimum atomic E-state index is 0. The van der Waals surface area contributed by atoms with Gasteiger partial charge in [-0.2, -0.15) is 0 Å². The van der Waals surface area contributed by atoms with Crippen LogP contribution < -0.4 is 10.2 Å². The molecule has 0 atom stereocenters. The normalized spacial score (nSPS) is 9.50. The van der Waals surface area contributed by atoms with E-state index in [0.717, 1.165) is 9.52 Å². The molecule has 2 nitrogen and oxygen atoms in total. The average molecular weight is 657 g/mol. The zero-order valence-electron chi connectivity index (χ0n) is 21.6. The van der Waals surface area contributed by atoms with Crippen molar-refractivity contribution in [2.24, 2.45) is 0 Å². The summed E-state index contributed by atoms with van der Waals surface area (Å²) in [6.07, 6.45) is 0. The molecule has 36 heavy (non-hydrogen) atoms. The Balaban J connectivity index is 0.000000268. The first kappa shape index (κ1) is 31.7. The molecule has 6 rings (SSSR count). The maximum absolute atomic E-state index is 8.93. The van der Waals surface area contributed by atoms with E-state index >= 15 is 0 Å². The Morgan fingerprint density at radius 2 is 0.667 bits per heavy atom. The molecular formula is C32H34HfO2Si. The average Bonchev–Trinajstić information content (AvgIpc) is 3.44. The molecule has 2 radical (unpaired) electrons. The fourth-order valence-electron chi connectivity index (χ4n) is 3.81. The van der Waals surface area contributed by atoms with Crippen LogP contribution in [0.3, 0.4) is 0 Å². The van der Waals surface area contributed by atoms with Gasteiger partial charge in [0, 0.05) is 9.52 Å². The van der Waals surface area contributed by atoms with Crippen molar-refractivity contribution in [3.8, 4) is 0 Å². The molecular weight excluding hydrogens is 623 g/mol. The molecule has 0 aromatic heterocycles. The van der Waals surface area contributed by atoms with Gasteiger partial charge in [-0.3, -0.25) is 0 Å². The third-order valence-electron chi connectivity index (χ3n) is 5.05. The van der Waals surface area contributed by atoms with E-state index < -0.39 is 0 Å². The van der Waals surface area contributed by atoms with Crippen LogP contribution in [0.5, 0.6) is 0 Å². The maximum Gasteiger partial charge on any atom is 4.00 e. The van der Waals surface area contributed by atoms with Crippen LogP contribution >= 0.6 is 0 Å².